The third-order valence-corrected chi connectivity index (χ3v) is 4.84. The summed E-state index contributed by atoms with van der Waals surface area (Å²) in [4.78, 5) is 18.2. The Morgan fingerprint density at radius 1 is 1.30 bits per heavy atom. The molecule has 3 rings (SSSR count). The molecule has 1 aromatic rings. The molecule has 0 radical (unpaired) electrons. The van der Waals surface area contributed by atoms with Crippen molar-refractivity contribution in [1.29, 1.82) is 0 Å². The Kier molecular flexibility index (Phi) is 3.92. The molecule has 0 aromatic carbocycles. The molecule has 1 saturated heterocycles. The molecular formula is C15H18ClFN2O. The Morgan fingerprint density at radius 2 is 2.05 bits per heavy atom. The van der Waals surface area contributed by atoms with Gasteiger partial charge in [-0.15, -0.1) is 0 Å². The summed E-state index contributed by atoms with van der Waals surface area (Å²) in [6.07, 6.45) is 8.02. The SMILES string of the molecule is O=C(c1cc(F)cnc1Cl)N1CCCC1C1CCCC1. The average Bonchev–Trinajstić information content (AvgIpc) is 3.10. The molecule has 1 aromatic heterocycles. The number of nitrogens with zero attached hydrogens (tertiary/aromatic N) is 2. The number of likely N-dealkylation sites (tertiary alicyclic amines) is 1. The second-order valence-electron chi connectivity index (χ2n) is 5.74. The van der Waals surface area contributed by atoms with Crippen LogP contribution in [0.4, 0.5) is 4.39 Å². The van der Waals surface area contributed by atoms with E-state index in [1.54, 1.807) is 0 Å². The van der Waals surface area contributed by atoms with Crippen molar-refractivity contribution >= 4 is 17.5 Å². The number of pyridine rings is 1. The van der Waals surface area contributed by atoms with E-state index in [4.69, 9.17) is 11.6 Å². The molecule has 0 N–H and O–H groups in total. The smallest absolute Gasteiger partial charge is 0.257 e. The zero-order chi connectivity index (χ0) is 14.1. The minimum Gasteiger partial charge on any atom is -0.335 e. The molecule has 1 aliphatic carbocycles. The van der Waals surface area contributed by atoms with Gasteiger partial charge in [-0.3, -0.25) is 4.79 Å². The first-order valence-electron chi connectivity index (χ1n) is 7.29. The van der Waals surface area contributed by atoms with Crippen LogP contribution in [0.1, 0.15) is 48.9 Å². The molecule has 0 spiro atoms. The highest BCUT2D eigenvalue weighted by atomic mass is 35.5. The predicted molar refractivity (Wildman–Crippen MR) is 75.2 cm³/mol. The lowest BCUT2D eigenvalue weighted by molar-refractivity contribution is 0.0688. The molecule has 20 heavy (non-hydrogen) atoms. The van der Waals surface area contributed by atoms with Crippen molar-refractivity contribution in [2.75, 3.05) is 6.54 Å². The molecule has 1 aliphatic heterocycles. The van der Waals surface area contributed by atoms with Crippen LogP contribution in [0.25, 0.3) is 0 Å². The number of aromatic nitrogens is 1. The number of carbonyl (C=O) groups is 1. The number of rotatable bonds is 2. The van der Waals surface area contributed by atoms with E-state index < -0.39 is 5.82 Å². The van der Waals surface area contributed by atoms with Crippen LogP contribution in [0, 0.1) is 11.7 Å². The first-order valence-corrected chi connectivity index (χ1v) is 7.66. The lowest BCUT2D eigenvalue weighted by atomic mass is 9.95. The Bertz CT molecular complexity index is 517. The third-order valence-electron chi connectivity index (χ3n) is 4.54. The highest BCUT2D eigenvalue weighted by Crippen LogP contribution is 2.36. The Labute approximate surface area is 123 Å². The van der Waals surface area contributed by atoms with Gasteiger partial charge < -0.3 is 4.90 Å². The molecule has 2 heterocycles. The van der Waals surface area contributed by atoms with Crippen LogP contribution in [0.5, 0.6) is 0 Å². The fourth-order valence-electron chi connectivity index (χ4n) is 3.60. The van der Waals surface area contributed by atoms with Crippen LogP contribution >= 0.6 is 11.6 Å². The van der Waals surface area contributed by atoms with Crippen molar-refractivity contribution in [3.63, 3.8) is 0 Å². The maximum Gasteiger partial charge on any atom is 0.257 e. The zero-order valence-corrected chi connectivity index (χ0v) is 12.1. The molecule has 108 valence electrons. The molecule has 1 amide bonds. The average molecular weight is 297 g/mol. The van der Waals surface area contributed by atoms with Crippen molar-refractivity contribution in [1.82, 2.24) is 9.88 Å². The minimum atomic E-state index is -0.519. The van der Waals surface area contributed by atoms with E-state index in [0.29, 0.717) is 12.0 Å². The van der Waals surface area contributed by atoms with Crippen molar-refractivity contribution in [3.05, 3.63) is 28.8 Å². The Balaban J connectivity index is 1.83. The summed E-state index contributed by atoms with van der Waals surface area (Å²) < 4.78 is 13.3. The second-order valence-corrected chi connectivity index (χ2v) is 6.10. The number of halogens is 2. The first kappa shape index (κ1) is 13.8. The van der Waals surface area contributed by atoms with E-state index in [9.17, 15) is 9.18 Å². The third kappa shape index (κ3) is 2.53. The summed E-state index contributed by atoms with van der Waals surface area (Å²) in [5, 5.41) is 0.0912. The van der Waals surface area contributed by atoms with Gasteiger partial charge in [-0.1, -0.05) is 24.4 Å². The van der Waals surface area contributed by atoms with Crippen molar-refractivity contribution in [2.24, 2.45) is 5.92 Å². The molecular weight excluding hydrogens is 279 g/mol. The minimum absolute atomic E-state index is 0.0912. The van der Waals surface area contributed by atoms with Gasteiger partial charge in [0, 0.05) is 12.6 Å². The largest absolute Gasteiger partial charge is 0.335 e. The maximum absolute atomic E-state index is 13.3. The summed E-state index contributed by atoms with van der Waals surface area (Å²) in [6.45, 7) is 0.743. The van der Waals surface area contributed by atoms with Gasteiger partial charge in [0.2, 0.25) is 0 Å². The first-order chi connectivity index (χ1) is 9.66. The summed E-state index contributed by atoms with van der Waals surface area (Å²) in [7, 11) is 0. The number of carbonyl (C=O) groups excluding carboxylic acids is 1. The van der Waals surface area contributed by atoms with E-state index in [-0.39, 0.29) is 16.6 Å². The van der Waals surface area contributed by atoms with Crippen LogP contribution in [0.3, 0.4) is 0 Å². The summed E-state index contributed by atoms with van der Waals surface area (Å²) >= 11 is 5.95. The fourth-order valence-corrected chi connectivity index (χ4v) is 3.79. The van der Waals surface area contributed by atoms with Crippen LogP contribution in [0.2, 0.25) is 5.15 Å². The van der Waals surface area contributed by atoms with Crippen molar-refractivity contribution in [2.45, 2.75) is 44.6 Å². The molecule has 1 atom stereocenters. The van der Waals surface area contributed by atoms with Crippen LogP contribution in [-0.2, 0) is 0 Å². The van der Waals surface area contributed by atoms with E-state index >= 15 is 0 Å². The summed E-state index contributed by atoms with van der Waals surface area (Å²) in [5.41, 5.74) is 0.191. The summed E-state index contributed by atoms with van der Waals surface area (Å²) in [6, 6.07) is 1.49. The van der Waals surface area contributed by atoms with Gasteiger partial charge in [0.05, 0.1) is 11.8 Å². The molecule has 1 saturated carbocycles. The molecule has 1 unspecified atom stereocenters. The monoisotopic (exact) mass is 296 g/mol. The highest BCUT2D eigenvalue weighted by Gasteiger charge is 2.36. The zero-order valence-electron chi connectivity index (χ0n) is 11.3. The van der Waals surface area contributed by atoms with Gasteiger partial charge in [0.25, 0.3) is 5.91 Å². The quantitative estimate of drug-likeness (QED) is 0.780. The Morgan fingerprint density at radius 3 is 2.80 bits per heavy atom. The van der Waals surface area contributed by atoms with Crippen LogP contribution in [0.15, 0.2) is 12.3 Å². The highest BCUT2D eigenvalue weighted by molar-refractivity contribution is 6.32. The number of hydrogen-bond donors (Lipinski definition) is 0. The van der Waals surface area contributed by atoms with Gasteiger partial charge in [0.15, 0.2) is 0 Å². The van der Waals surface area contributed by atoms with Crippen molar-refractivity contribution < 1.29 is 9.18 Å². The lowest BCUT2D eigenvalue weighted by Crippen LogP contribution is -2.39. The molecule has 2 fully saturated rings. The van der Waals surface area contributed by atoms with E-state index in [1.165, 1.54) is 31.7 Å². The number of amides is 1. The lowest BCUT2D eigenvalue weighted by Gasteiger charge is -2.29. The van der Waals surface area contributed by atoms with E-state index in [2.05, 4.69) is 4.98 Å². The normalized spacial score (nSPS) is 23.5. The topological polar surface area (TPSA) is 33.2 Å². The van der Waals surface area contributed by atoms with Gasteiger partial charge in [-0.05, 0) is 37.7 Å². The predicted octanol–water partition coefficient (Wildman–Crippen LogP) is 3.67. The van der Waals surface area contributed by atoms with Gasteiger partial charge >= 0.3 is 0 Å². The second kappa shape index (κ2) is 5.68. The van der Waals surface area contributed by atoms with Crippen LogP contribution < -0.4 is 0 Å². The fraction of sp³-hybridized carbons (Fsp3) is 0.600. The van der Waals surface area contributed by atoms with Gasteiger partial charge in [-0.2, -0.15) is 0 Å². The molecule has 5 heteroatoms. The van der Waals surface area contributed by atoms with E-state index in [1.807, 2.05) is 4.90 Å². The van der Waals surface area contributed by atoms with Gasteiger partial charge in [-0.25, -0.2) is 9.37 Å². The maximum atomic E-state index is 13.3. The molecule has 3 nitrogen and oxygen atoms in total. The Hall–Kier alpha value is -1.16. The number of hydrogen-bond acceptors (Lipinski definition) is 2. The van der Waals surface area contributed by atoms with E-state index in [0.717, 1.165) is 25.6 Å². The summed E-state index contributed by atoms with van der Waals surface area (Å²) in [5.74, 6) is -0.0903. The standard InChI is InChI=1S/C15H18ClFN2O/c16-14-12(8-11(17)9-18-14)15(20)19-7-3-6-13(19)10-4-1-2-5-10/h8-10,13H,1-7H2. The molecule has 2 aliphatic rings. The van der Waals surface area contributed by atoms with Gasteiger partial charge in [0.1, 0.15) is 11.0 Å². The molecule has 0 bridgehead atoms. The van der Waals surface area contributed by atoms with Crippen LogP contribution in [-0.4, -0.2) is 28.4 Å². The van der Waals surface area contributed by atoms with Crippen molar-refractivity contribution in [3.8, 4) is 0 Å².